The normalized spacial score (nSPS) is 11.2. The molecular formula is C14H28N2O4. The Morgan fingerprint density at radius 3 is 2.40 bits per heavy atom. The Hall–Kier alpha value is -1.14. The van der Waals surface area contributed by atoms with Crippen LogP contribution in [-0.4, -0.2) is 43.8 Å². The summed E-state index contributed by atoms with van der Waals surface area (Å²) in [4.78, 5) is 22.7. The molecule has 0 saturated heterocycles. The number of carbonyl (C=O) groups is 2. The van der Waals surface area contributed by atoms with Crippen molar-refractivity contribution < 1.29 is 19.1 Å². The smallest absolute Gasteiger partial charge is 0.308 e. The van der Waals surface area contributed by atoms with Gasteiger partial charge in [0.25, 0.3) is 0 Å². The molecule has 0 radical (unpaired) electrons. The lowest BCUT2D eigenvalue weighted by Crippen LogP contribution is -2.28. The zero-order valence-corrected chi connectivity index (χ0v) is 12.9. The van der Waals surface area contributed by atoms with Gasteiger partial charge in [0.15, 0.2) is 0 Å². The number of nitrogens with two attached hydrogens (primary N) is 1. The molecule has 3 N–H and O–H groups in total. The third-order valence-corrected chi connectivity index (χ3v) is 2.30. The van der Waals surface area contributed by atoms with Crippen LogP contribution in [0.5, 0.6) is 0 Å². The van der Waals surface area contributed by atoms with Crippen LogP contribution in [0.25, 0.3) is 0 Å². The molecule has 6 nitrogen and oxygen atoms in total. The number of rotatable bonds is 10. The number of carbonyl (C=O) groups excluding carboxylic acids is 2. The van der Waals surface area contributed by atoms with E-state index in [1.807, 2.05) is 20.8 Å². The number of nitrogens with one attached hydrogen (secondary N) is 1. The van der Waals surface area contributed by atoms with Crippen molar-refractivity contribution in [3.63, 3.8) is 0 Å². The van der Waals surface area contributed by atoms with Gasteiger partial charge in [-0.3, -0.25) is 9.59 Å². The van der Waals surface area contributed by atoms with Gasteiger partial charge in [-0.2, -0.15) is 0 Å². The fourth-order valence-corrected chi connectivity index (χ4v) is 1.43. The highest BCUT2D eigenvalue weighted by atomic mass is 16.6. The molecule has 0 spiro atoms. The molecule has 0 bridgehead atoms. The average molecular weight is 288 g/mol. The fourth-order valence-electron chi connectivity index (χ4n) is 1.43. The van der Waals surface area contributed by atoms with Gasteiger partial charge in [0, 0.05) is 13.0 Å². The molecule has 6 heteroatoms. The van der Waals surface area contributed by atoms with E-state index in [2.05, 4.69) is 5.32 Å². The van der Waals surface area contributed by atoms with Gasteiger partial charge in [0.2, 0.25) is 5.91 Å². The van der Waals surface area contributed by atoms with E-state index in [4.69, 9.17) is 15.2 Å². The van der Waals surface area contributed by atoms with Gasteiger partial charge >= 0.3 is 5.97 Å². The number of unbranched alkanes of at least 4 members (excludes halogenated alkanes) is 1. The van der Waals surface area contributed by atoms with E-state index in [0.717, 1.165) is 12.8 Å². The molecule has 1 amide bonds. The highest BCUT2D eigenvalue weighted by molar-refractivity contribution is 5.75. The number of hydrogen-bond donors (Lipinski definition) is 2. The second-order valence-electron chi connectivity index (χ2n) is 5.54. The molecule has 0 aromatic heterocycles. The van der Waals surface area contributed by atoms with Crippen molar-refractivity contribution in [1.29, 1.82) is 0 Å². The maximum atomic E-state index is 11.4. The zero-order valence-electron chi connectivity index (χ0n) is 12.9. The molecular weight excluding hydrogens is 260 g/mol. The first-order valence-electron chi connectivity index (χ1n) is 7.11. The average Bonchev–Trinajstić information content (AvgIpc) is 2.31. The van der Waals surface area contributed by atoms with E-state index in [9.17, 15) is 9.59 Å². The molecule has 0 saturated carbocycles. The summed E-state index contributed by atoms with van der Waals surface area (Å²) in [5.74, 6) is -0.266. The van der Waals surface area contributed by atoms with Crippen molar-refractivity contribution >= 4 is 11.9 Å². The van der Waals surface area contributed by atoms with Crippen molar-refractivity contribution in [1.82, 2.24) is 5.32 Å². The third kappa shape index (κ3) is 13.3. The number of ether oxygens (including phenoxy) is 2. The molecule has 0 atom stereocenters. The highest BCUT2D eigenvalue weighted by Crippen LogP contribution is 2.07. The second kappa shape index (κ2) is 10.6. The number of amides is 1. The summed E-state index contributed by atoms with van der Waals surface area (Å²) >= 11 is 0. The van der Waals surface area contributed by atoms with Crippen molar-refractivity contribution in [2.45, 2.75) is 52.1 Å². The van der Waals surface area contributed by atoms with E-state index in [1.165, 1.54) is 0 Å². The van der Waals surface area contributed by atoms with Crippen LogP contribution >= 0.6 is 0 Å². The molecule has 0 aliphatic rings. The Morgan fingerprint density at radius 2 is 1.80 bits per heavy atom. The van der Waals surface area contributed by atoms with Crippen molar-refractivity contribution in [3.8, 4) is 0 Å². The molecule has 0 aliphatic heterocycles. The standard InChI is InChI=1S/C14H28N2O4/c1-14(2,3)20-13(18)7-10-19-11-9-16-12(17)6-4-5-8-15/h4-11,15H2,1-3H3,(H,16,17). The largest absolute Gasteiger partial charge is 0.460 e. The molecule has 0 aromatic rings. The third-order valence-electron chi connectivity index (χ3n) is 2.30. The van der Waals surface area contributed by atoms with Gasteiger partial charge in [-0.1, -0.05) is 0 Å². The van der Waals surface area contributed by atoms with Gasteiger partial charge in [-0.15, -0.1) is 0 Å². The van der Waals surface area contributed by atoms with Crippen LogP contribution in [0.2, 0.25) is 0 Å². The van der Waals surface area contributed by atoms with Crippen molar-refractivity contribution in [3.05, 3.63) is 0 Å². The number of esters is 1. The van der Waals surface area contributed by atoms with Crippen LogP contribution in [0.15, 0.2) is 0 Å². The lowest BCUT2D eigenvalue weighted by atomic mass is 10.2. The van der Waals surface area contributed by atoms with Crippen molar-refractivity contribution in [2.24, 2.45) is 5.73 Å². The van der Waals surface area contributed by atoms with Crippen LogP contribution in [0.4, 0.5) is 0 Å². The predicted molar refractivity (Wildman–Crippen MR) is 77.2 cm³/mol. The monoisotopic (exact) mass is 288 g/mol. The summed E-state index contributed by atoms with van der Waals surface area (Å²) in [6.07, 6.45) is 2.39. The second-order valence-corrected chi connectivity index (χ2v) is 5.54. The van der Waals surface area contributed by atoms with E-state index >= 15 is 0 Å². The minimum absolute atomic E-state index is 0.00851. The summed E-state index contributed by atoms with van der Waals surface area (Å²) in [7, 11) is 0. The van der Waals surface area contributed by atoms with Gasteiger partial charge in [0.1, 0.15) is 5.60 Å². The molecule has 0 fully saturated rings. The Morgan fingerprint density at radius 1 is 1.10 bits per heavy atom. The maximum Gasteiger partial charge on any atom is 0.308 e. The number of hydrogen-bond acceptors (Lipinski definition) is 5. The Balaban J connectivity index is 3.40. The summed E-state index contributed by atoms with van der Waals surface area (Å²) in [5.41, 5.74) is 4.88. The van der Waals surface area contributed by atoms with E-state index in [-0.39, 0.29) is 18.3 Å². The van der Waals surface area contributed by atoms with Gasteiger partial charge < -0.3 is 20.5 Å². The molecule has 118 valence electrons. The van der Waals surface area contributed by atoms with E-state index in [0.29, 0.717) is 32.7 Å². The topological polar surface area (TPSA) is 90.6 Å². The highest BCUT2D eigenvalue weighted by Gasteiger charge is 2.15. The lowest BCUT2D eigenvalue weighted by Gasteiger charge is -2.19. The molecule has 0 unspecified atom stereocenters. The fraction of sp³-hybridized carbons (Fsp3) is 0.857. The first-order chi connectivity index (χ1) is 9.35. The quantitative estimate of drug-likeness (QED) is 0.462. The van der Waals surface area contributed by atoms with Gasteiger partial charge in [-0.05, 0) is 40.2 Å². The van der Waals surface area contributed by atoms with Crippen LogP contribution in [0, 0.1) is 0 Å². The summed E-state index contributed by atoms with van der Waals surface area (Å²) in [5, 5.41) is 2.75. The molecule has 0 heterocycles. The minimum Gasteiger partial charge on any atom is -0.460 e. The summed E-state index contributed by atoms with van der Waals surface area (Å²) in [6.45, 7) is 7.24. The van der Waals surface area contributed by atoms with Gasteiger partial charge in [0.05, 0.1) is 19.6 Å². The first-order valence-corrected chi connectivity index (χ1v) is 7.11. The molecule has 0 aromatic carbocycles. The predicted octanol–water partition coefficient (Wildman–Crippen LogP) is 0.980. The van der Waals surface area contributed by atoms with Crippen LogP contribution in [-0.2, 0) is 19.1 Å². The lowest BCUT2D eigenvalue weighted by molar-refractivity contribution is -0.156. The zero-order chi connectivity index (χ0) is 15.4. The Labute approximate surface area is 121 Å². The molecule has 0 rings (SSSR count). The van der Waals surface area contributed by atoms with E-state index in [1.54, 1.807) is 0 Å². The van der Waals surface area contributed by atoms with Gasteiger partial charge in [-0.25, -0.2) is 0 Å². The summed E-state index contributed by atoms with van der Waals surface area (Å²) in [6, 6.07) is 0. The molecule has 0 aliphatic carbocycles. The molecule has 20 heavy (non-hydrogen) atoms. The first kappa shape index (κ1) is 18.9. The Kier molecular flexibility index (Phi) is 10.0. The van der Waals surface area contributed by atoms with Crippen LogP contribution in [0.3, 0.4) is 0 Å². The van der Waals surface area contributed by atoms with Crippen LogP contribution < -0.4 is 11.1 Å². The van der Waals surface area contributed by atoms with Crippen molar-refractivity contribution in [2.75, 3.05) is 26.3 Å². The van der Waals surface area contributed by atoms with Crippen LogP contribution in [0.1, 0.15) is 46.5 Å². The SMILES string of the molecule is CC(C)(C)OC(=O)CCOCCNC(=O)CCCCN. The Bertz CT molecular complexity index is 287. The summed E-state index contributed by atoms with van der Waals surface area (Å²) < 4.78 is 10.4. The minimum atomic E-state index is -0.464. The maximum absolute atomic E-state index is 11.4. The van der Waals surface area contributed by atoms with E-state index < -0.39 is 5.60 Å².